The Hall–Kier alpha value is -3.06. The van der Waals surface area contributed by atoms with E-state index in [4.69, 9.17) is 11.6 Å². The smallest absolute Gasteiger partial charge is 0.283 e. The van der Waals surface area contributed by atoms with E-state index in [1.165, 1.54) is 9.47 Å². The predicted octanol–water partition coefficient (Wildman–Crippen LogP) is 1.10. The summed E-state index contributed by atoms with van der Waals surface area (Å²) >= 11 is 6.18. The zero-order chi connectivity index (χ0) is 19.1. The van der Waals surface area contributed by atoms with Crippen molar-refractivity contribution in [1.29, 1.82) is 0 Å². The van der Waals surface area contributed by atoms with Crippen LogP contribution in [0, 0.1) is 0 Å². The molecular weight excluding hydrogens is 366 g/mol. The van der Waals surface area contributed by atoms with Crippen molar-refractivity contribution in [2.75, 3.05) is 14.1 Å². The number of nitrogens with zero attached hydrogens (tertiary/aromatic N) is 5. The van der Waals surface area contributed by atoms with Crippen LogP contribution in [0.1, 0.15) is 6.42 Å². The summed E-state index contributed by atoms with van der Waals surface area (Å²) in [5, 5.41) is 2.02. The minimum atomic E-state index is -0.605. The first-order chi connectivity index (χ1) is 13.0. The fourth-order valence-electron chi connectivity index (χ4n) is 3.08. The average molecular weight is 382 g/mol. The topological polar surface area (TPSA) is 79.9 Å². The quantitative estimate of drug-likeness (QED) is 0.681. The Balaban J connectivity index is 2.02. The molecule has 3 aromatic rings. The highest BCUT2D eigenvalue weighted by Crippen LogP contribution is 2.18. The molecule has 136 valence electrons. The number of benzene rings is 1. The van der Waals surface area contributed by atoms with E-state index >= 15 is 0 Å². The Bertz CT molecular complexity index is 1230. The molecule has 1 aromatic carbocycles. The van der Waals surface area contributed by atoms with E-state index in [2.05, 4.69) is 15.0 Å². The summed E-state index contributed by atoms with van der Waals surface area (Å²) in [6.07, 6.45) is 2.75. The molecule has 1 aliphatic rings. The van der Waals surface area contributed by atoms with Crippen molar-refractivity contribution < 1.29 is 4.79 Å². The van der Waals surface area contributed by atoms with E-state index in [9.17, 15) is 9.59 Å². The van der Waals surface area contributed by atoms with Crippen LogP contribution in [0.4, 0.5) is 0 Å². The fraction of sp³-hybridized carbons (Fsp3) is 0.211. The normalized spacial score (nSPS) is 15.1. The number of halogens is 1. The lowest BCUT2D eigenvalue weighted by Gasteiger charge is -2.10. The van der Waals surface area contributed by atoms with Gasteiger partial charge in [0.25, 0.3) is 5.56 Å². The number of hydrogen-bond donors (Lipinski definition) is 0. The third-order valence-corrected chi connectivity index (χ3v) is 4.64. The van der Waals surface area contributed by atoms with E-state index in [0.29, 0.717) is 21.6 Å². The molecule has 8 heteroatoms. The summed E-state index contributed by atoms with van der Waals surface area (Å²) in [5.74, 6) is -0.0970. The molecule has 1 amide bonds. The molecule has 0 saturated carbocycles. The van der Waals surface area contributed by atoms with Crippen molar-refractivity contribution in [3.05, 3.63) is 68.8 Å². The van der Waals surface area contributed by atoms with E-state index in [-0.39, 0.29) is 23.2 Å². The SMILES string of the molecule is CN(C)C(=O)CC1N=c2c(c3ccc(Cl)cc3n(-c3cccnc3)c2=O)=N1. The van der Waals surface area contributed by atoms with Gasteiger partial charge >= 0.3 is 0 Å². The molecule has 7 nitrogen and oxygen atoms in total. The highest BCUT2D eigenvalue weighted by molar-refractivity contribution is 6.31. The third-order valence-electron chi connectivity index (χ3n) is 4.40. The van der Waals surface area contributed by atoms with Gasteiger partial charge in [-0.25, -0.2) is 0 Å². The molecule has 0 spiro atoms. The van der Waals surface area contributed by atoms with Crippen LogP contribution in [0.25, 0.3) is 16.6 Å². The first-order valence-electron chi connectivity index (χ1n) is 8.36. The van der Waals surface area contributed by atoms with Gasteiger partial charge in [-0.15, -0.1) is 0 Å². The Morgan fingerprint density at radius 3 is 2.70 bits per heavy atom. The first-order valence-corrected chi connectivity index (χ1v) is 8.74. The first kappa shape index (κ1) is 17.4. The van der Waals surface area contributed by atoms with Gasteiger partial charge in [-0.05, 0) is 30.3 Å². The van der Waals surface area contributed by atoms with Gasteiger partial charge in [-0.3, -0.25) is 29.1 Å². The van der Waals surface area contributed by atoms with E-state index in [1.807, 2.05) is 6.07 Å². The maximum atomic E-state index is 13.2. The minimum absolute atomic E-state index is 0.0970. The standard InChI is InChI=1S/C19H16ClN5O2/c1-24(2)16(26)9-15-22-17-13-6-5-11(20)8-14(13)25(19(27)18(17)23-15)12-4-3-7-21-10-12/h3-8,10,15H,9H2,1-2H3. The molecule has 4 rings (SSSR count). The molecule has 2 aromatic heterocycles. The zero-order valence-corrected chi connectivity index (χ0v) is 15.5. The molecule has 0 fully saturated rings. The van der Waals surface area contributed by atoms with E-state index < -0.39 is 6.17 Å². The molecule has 1 atom stereocenters. The van der Waals surface area contributed by atoms with Gasteiger partial charge in [0, 0.05) is 30.7 Å². The minimum Gasteiger partial charge on any atom is -0.349 e. The van der Waals surface area contributed by atoms with E-state index in [1.54, 1.807) is 50.8 Å². The van der Waals surface area contributed by atoms with Crippen molar-refractivity contribution in [3.8, 4) is 5.69 Å². The van der Waals surface area contributed by atoms with Gasteiger partial charge in [0.1, 0.15) is 11.5 Å². The van der Waals surface area contributed by atoms with Crippen LogP contribution in [0.2, 0.25) is 5.02 Å². The molecule has 0 N–H and O–H groups in total. The van der Waals surface area contributed by atoms with Gasteiger partial charge in [-0.1, -0.05) is 11.6 Å². The lowest BCUT2D eigenvalue weighted by Crippen LogP contribution is -2.43. The molecule has 1 aliphatic heterocycles. The Kier molecular flexibility index (Phi) is 4.24. The maximum Gasteiger partial charge on any atom is 0.283 e. The predicted molar refractivity (Wildman–Crippen MR) is 102 cm³/mol. The van der Waals surface area contributed by atoms with Crippen LogP contribution >= 0.6 is 11.6 Å². The van der Waals surface area contributed by atoms with Crippen LogP contribution in [-0.2, 0) is 4.79 Å². The second-order valence-corrected chi connectivity index (χ2v) is 6.88. The van der Waals surface area contributed by atoms with Crippen molar-refractivity contribution >= 4 is 28.4 Å². The Morgan fingerprint density at radius 1 is 1.22 bits per heavy atom. The molecule has 1 unspecified atom stereocenters. The molecule has 0 aliphatic carbocycles. The summed E-state index contributed by atoms with van der Waals surface area (Å²) in [4.78, 5) is 39.8. The summed E-state index contributed by atoms with van der Waals surface area (Å²) in [7, 11) is 3.36. The summed E-state index contributed by atoms with van der Waals surface area (Å²) in [6, 6.07) is 8.83. The summed E-state index contributed by atoms with van der Waals surface area (Å²) in [6.45, 7) is 0. The third kappa shape index (κ3) is 3.00. The highest BCUT2D eigenvalue weighted by atomic mass is 35.5. The molecule has 0 bridgehead atoms. The Morgan fingerprint density at radius 2 is 2.00 bits per heavy atom. The second kappa shape index (κ2) is 6.59. The fourth-order valence-corrected chi connectivity index (χ4v) is 3.25. The van der Waals surface area contributed by atoms with Crippen LogP contribution in [0.5, 0.6) is 0 Å². The molecule has 0 radical (unpaired) electrons. The van der Waals surface area contributed by atoms with Gasteiger partial charge in [0.05, 0.1) is 23.8 Å². The number of carbonyl (C=O) groups excluding carboxylic acids is 1. The number of amides is 1. The monoisotopic (exact) mass is 381 g/mol. The van der Waals surface area contributed by atoms with Gasteiger partial charge in [-0.2, -0.15) is 0 Å². The van der Waals surface area contributed by atoms with Crippen LogP contribution in [-0.4, -0.2) is 40.6 Å². The number of pyridine rings is 2. The average Bonchev–Trinajstić information content (AvgIpc) is 3.06. The van der Waals surface area contributed by atoms with Gasteiger partial charge < -0.3 is 4.90 Å². The number of hydrogen-bond acceptors (Lipinski definition) is 5. The second-order valence-electron chi connectivity index (χ2n) is 6.44. The van der Waals surface area contributed by atoms with Crippen LogP contribution in [0.3, 0.4) is 0 Å². The van der Waals surface area contributed by atoms with Crippen molar-refractivity contribution in [2.24, 2.45) is 9.98 Å². The van der Waals surface area contributed by atoms with E-state index in [0.717, 1.165) is 5.39 Å². The summed E-state index contributed by atoms with van der Waals surface area (Å²) < 4.78 is 1.53. The molecular formula is C19H16ClN5O2. The lowest BCUT2D eigenvalue weighted by atomic mass is 10.2. The van der Waals surface area contributed by atoms with Gasteiger partial charge in [0.15, 0.2) is 5.36 Å². The van der Waals surface area contributed by atoms with Crippen molar-refractivity contribution in [1.82, 2.24) is 14.5 Å². The van der Waals surface area contributed by atoms with Gasteiger partial charge in [0.2, 0.25) is 5.91 Å². The number of carbonyl (C=O) groups is 1. The lowest BCUT2D eigenvalue weighted by molar-refractivity contribution is -0.128. The number of rotatable bonds is 3. The highest BCUT2D eigenvalue weighted by Gasteiger charge is 2.21. The molecule has 27 heavy (non-hydrogen) atoms. The molecule has 0 saturated heterocycles. The van der Waals surface area contributed by atoms with Crippen LogP contribution in [0.15, 0.2) is 57.5 Å². The van der Waals surface area contributed by atoms with Crippen molar-refractivity contribution in [3.63, 3.8) is 0 Å². The number of aromatic nitrogens is 2. The molecule has 3 heterocycles. The number of fused-ring (bicyclic) bond motifs is 3. The van der Waals surface area contributed by atoms with Crippen molar-refractivity contribution in [2.45, 2.75) is 12.6 Å². The summed E-state index contributed by atoms with van der Waals surface area (Å²) in [5.41, 5.74) is 0.926. The zero-order valence-electron chi connectivity index (χ0n) is 14.8. The van der Waals surface area contributed by atoms with Crippen LogP contribution < -0.4 is 16.3 Å². The maximum absolute atomic E-state index is 13.2. The Labute approximate surface area is 159 Å². The largest absolute Gasteiger partial charge is 0.349 e.